The Morgan fingerprint density at radius 1 is 1.39 bits per heavy atom. The second-order valence-electron chi connectivity index (χ2n) is 3.79. The minimum Gasteiger partial charge on any atom is -0.320 e. The lowest BCUT2D eigenvalue weighted by molar-refractivity contribution is -0.110. The van der Waals surface area contributed by atoms with E-state index in [1.165, 1.54) is 4.21 Å². The molecule has 18 heavy (non-hydrogen) atoms. The number of fused-ring (bicyclic) bond motifs is 1. The van der Waals surface area contributed by atoms with Crippen LogP contribution in [0.2, 0.25) is 0 Å². The van der Waals surface area contributed by atoms with Gasteiger partial charge in [-0.05, 0) is 30.5 Å². The second kappa shape index (κ2) is 4.59. The quantitative estimate of drug-likeness (QED) is 0.674. The highest BCUT2D eigenvalue weighted by atomic mass is 32.2. The summed E-state index contributed by atoms with van der Waals surface area (Å²) in [4.78, 5) is 17.0. The molecule has 0 unspecified atom stereocenters. The summed E-state index contributed by atoms with van der Waals surface area (Å²) in [6.07, 6.45) is 7.36. The van der Waals surface area contributed by atoms with Crippen LogP contribution in [0.4, 0.5) is 5.69 Å². The topological polar surface area (TPSA) is 42.0 Å². The Hall–Kier alpha value is -1.59. The number of thioether (sulfide) groups is 1. The largest absolute Gasteiger partial charge is 0.320 e. The molecule has 1 amide bonds. The third-order valence-electron chi connectivity index (χ3n) is 2.69. The first-order chi connectivity index (χ1) is 8.78. The van der Waals surface area contributed by atoms with Crippen LogP contribution in [0.15, 0.2) is 34.8 Å². The van der Waals surface area contributed by atoms with Crippen LogP contribution in [-0.2, 0) is 4.79 Å². The van der Waals surface area contributed by atoms with Gasteiger partial charge < -0.3 is 5.32 Å². The summed E-state index contributed by atoms with van der Waals surface area (Å²) in [5.41, 5.74) is 2.42. The van der Waals surface area contributed by atoms with Gasteiger partial charge in [0.2, 0.25) is 0 Å². The molecular weight excluding hydrogens is 264 g/mol. The van der Waals surface area contributed by atoms with Crippen LogP contribution in [0.25, 0.3) is 11.6 Å². The van der Waals surface area contributed by atoms with E-state index < -0.39 is 0 Å². The molecule has 90 valence electrons. The maximum Gasteiger partial charge on any atom is 0.256 e. The van der Waals surface area contributed by atoms with E-state index in [9.17, 15) is 4.79 Å². The van der Waals surface area contributed by atoms with Crippen molar-refractivity contribution in [1.29, 1.82) is 0 Å². The maximum atomic E-state index is 11.9. The molecular formula is C13H10N2OS2. The third kappa shape index (κ3) is 1.95. The van der Waals surface area contributed by atoms with Gasteiger partial charge in [0.15, 0.2) is 0 Å². The number of anilines is 1. The van der Waals surface area contributed by atoms with Crippen molar-refractivity contribution in [3.63, 3.8) is 0 Å². The number of carbonyl (C=O) groups is 1. The first-order valence-electron chi connectivity index (χ1n) is 5.39. The Morgan fingerprint density at radius 3 is 3.06 bits per heavy atom. The number of amides is 1. The molecule has 0 aliphatic carbocycles. The monoisotopic (exact) mass is 274 g/mol. The smallest absolute Gasteiger partial charge is 0.256 e. The van der Waals surface area contributed by atoms with Crippen molar-refractivity contribution in [1.82, 2.24) is 4.98 Å². The van der Waals surface area contributed by atoms with Gasteiger partial charge in [-0.2, -0.15) is 0 Å². The lowest BCUT2D eigenvalue weighted by Gasteiger charge is -1.95. The first-order valence-corrected chi connectivity index (χ1v) is 7.43. The SMILES string of the molecule is CSc1ccc(C=C2C(=O)Nc3cnccc32)s1. The number of aromatic nitrogens is 1. The number of carbonyl (C=O) groups excluding carboxylic acids is 1. The van der Waals surface area contributed by atoms with Crippen molar-refractivity contribution in [2.75, 3.05) is 11.6 Å². The van der Waals surface area contributed by atoms with E-state index in [1.807, 2.05) is 24.5 Å². The van der Waals surface area contributed by atoms with Gasteiger partial charge in [-0.1, -0.05) is 0 Å². The minimum absolute atomic E-state index is 0.0582. The average Bonchev–Trinajstić information content (AvgIpc) is 2.96. The van der Waals surface area contributed by atoms with Crippen molar-refractivity contribution in [3.8, 4) is 0 Å². The molecule has 1 N–H and O–H groups in total. The molecule has 0 atom stereocenters. The number of nitrogens with one attached hydrogen (secondary N) is 1. The Bertz CT molecular complexity index is 646. The maximum absolute atomic E-state index is 11.9. The first kappa shape index (κ1) is 11.5. The highest BCUT2D eigenvalue weighted by Gasteiger charge is 2.23. The zero-order valence-corrected chi connectivity index (χ0v) is 11.3. The standard InChI is InChI=1S/C13H10N2OS2/c1-17-12-3-2-8(18-12)6-10-9-4-5-14-7-11(9)15-13(10)16/h2-7H,1H3,(H,15,16). The van der Waals surface area contributed by atoms with Gasteiger partial charge in [-0.3, -0.25) is 9.78 Å². The van der Waals surface area contributed by atoms with E-state index in [1.54, 1.807) is 35.5 Å². The van der Waals surface area contributed by atoms with Gasteiger partial charge in [0.25, 0.3) is 5.91 Å². The van der Waals surface area contributed by atoms with Crippen molar-refractivity contribution in [3.05, 3.63) is 41.0 Å². The molecule has 5 heteroatoms. The van der Waals surface area contributed by atoms with Crippen molar-refractivity contribution in [2.24, 2.45) is 0 Å². The van der Waals surface area contributed by atoms with Gasteiger partial charge >= 0.3 is 0 Å². The lowest BCUT2D eigenvalue weighted by Crippen LogP contribution is -2.03. The fourth-order valence-electron chi connectivity index (χ4n) is 1.85. The summed E-state index contributed by atoms with van der Waals surface area (Å²) in [6.45, 7) is 0. The number of pyridine rings is 1. The normalized spacial score (nSPS) is 15.8. The summed E-state index contributed by atoms with van der Waals surface area (Å²) >= 11 is 3.40. The van der Waals surface area contributed by atoms with Crippen molar-refractivity contribution >= 4 is 46.3 Å². The highest BCUT2D eigenvalue weighted by molar-refractivity contribution is 8.00. The fraction of sp³-hybridized carbons (Fsp3) is 0.0769. The predicted octanol–water partition coefficient (Wildman–Crippen LogP) is 3.36. The van der Waals surface area contributed by atoms with E-state index in [-0.39, 0.29) is 5.91 Å². The number of hydrogen-bond acceptors (Lipinski definition) is 4. The van der Waals surface area contributed by atoms with E-state index in [4.69, 9.17) is 0 Å². The van der Waals surface area contributed by atoms with Crippen LogP contribution in [0, 0.1) is 0 Å². The van der Waals surface area contributed by atoms with Crippen LogP contribution in [0.5, 0.6) is 0 Å². The summed E-state index contributed by atoms with van der Waals surface area (Å²) in [7, 11) is 0. The van der Waals surface area contributed by atoms with E-state index in [0.717, 1.165) is 16.1 Å². The molecule has 3 heterocycles. The summed E-state index contributed by atoms with van der Waals surface area (Å²) < 4.78 is 1.25. The van der Waals surface area contributed by atoms with Gasteiger partial charge in [-0.25, -0.2) is 0 Å². The second-order valence-corrected chi connectivity index (χ2v) is 6.02. The Morgan fingerprint density at radius 2 is 2.28 bits per heavy atom. The molecule has 0 bridgehead atoms. The van der Waals surface area contributed by atoms with Crippen molar-refractivity contribution < 1.29 is 4.79 Å². The number of nitrogens with zero attached hydrogens (tertiary/aromatic N) is 1. The Balaban J connectivity index is 2.04. The van der Waals surface area contributed by atoms with Gasteiger partial charge in [0, 0.05) is 16.6 Å². The van der Waals surface area contributed by atoms with E-state index >= 15 is 0 Å². The van der Waals surface area contributed by atoms with E-state index in [2.05, 4.69) is 16.4 Å². The number of rotatable bonds is 2. The molecule has 0 spiro atoms. The number of hydrogen-bond donors (Lipinski definition) is 1. The number of thiophene rings is 1. The Kier molecular flexibility index (Phi) is 2.93. The molecule has 1 aliphatic rings. The summed E-state index contributed by atoms with van der Waals surface area (Å²) in [5, 5.41) is 2.82. The lowest BCUT2D eigenvalue weighted by atomic mass is 10.1. The molecule has 0 aromatic carbocycles. The van der Waals surface area contributed by atoms with Crippen LogP contribution >= 0.6 is 23.1 Å². The molecule has 1 aliphatic heterocycles. The molecule has 0 radical (unpaired) electrons. The van der Waals surface area contributed by atoms with Crippen molar-refractivity contribution in [2.45, 2.75) is 4.21 Å². The van der Waals surface area contributed by atoms with Crippen LogP contribution in [0.1, 0.15) is 10.4 Å². The zero-order valence-electron chi connectivity index (χ0n) is 9.64. The molecule has 0 fully saturated rings. The summed E-state index contributed by atoms with van der Waals surface area (Å²) in [5.74, 6) is -0.0582. The van der Waals surface area contributed by atoms with E-state index in [0.29, 0.717) is 5.57 Å². The fourth-order valence-corrected chi connectivity index (χ4v) is 3.36. The molecule has 3 nitrogen and oxygen atoms in total. The van der Waals surface area contributed by atoms with Crippen LogP contribution < -0.4 is 5.32 Å². The van der Waals surface area contributed by atoms with Gasteiger partial charge in [0.1, 0.15) is 0 Å². The van der Waals surface area contributed by atoms with Gasteiger partial charge in [-0.15, -0.1) is 23.1 Å². The molecule has 0 saturated heterocycles. The minimum atomic E-state index is -0.0582. The Labute approximate surface area is 113 Å². The van der Waals surface area contributed by atoms with Crippen LogP contribution in [-0.4, -0.2) is 17.1 Å². The predicted molar refractivity (Wildman–Crippen MR) is 76.8 cm³/mol. The zero-order chi connectivity index (χ0) is 12.5. The molecule has 0 saturated carbocycles. The third-order valence-corrected chi connectivity index (χ3v) is 4.81. The highest BCUT2D eigenvalue weighted by Crippen LogP contribution is 2.34. The average molecular weight is 274 g/mol. The van der Waals surface area contributed by atoms with Gasteiger partial charge in [0.05, 0.1) is 21.7 Å². The molecule has 2 aromatic heterocycles. The summed E-state index contributed by atoms with van der Waals surface area (Å²) in [6, 6.07) is 5.97. The molecule has 2 aromatic rings. The van der Waals surface area contributed by atoms with Crippen LogP contribution in [0.3, 0.4) is 0 Å². The molecule has 3 rings (SSSR count).